The Hall–Kier alpha value is -0.860. The van der Waals surface area contributed by atoms with Gasteiger partial charge >= 0.3 is 5.97 Å². The van der Waals surface area contributed by atoms with E-state index in [2.05, 4.69) is 0 Å². The highest BCUT2D eigenvalue weighted by Crippen LogP contribution is 2.25. The first kappa shape index (κ1) is 14.1. The molecule has 0 bridgehead atoms. The lowest BCUT2D eigenvalue weighted by molar-refractivity contribution is -0.153. The number of carbonyl (C=O) groups excluding carboxylic acids is 2. The number of carbonyl (C=O) groups is 2. The molecular weight excluding hydrogens is 192 g/mol. The summed E-state index contributed by atoms with van der Waals surface area (Å²) in [5.74, 6) is -0.125. The zero-order valence-electron chi connectivity index (χ0n) is 10.0. The van der Waals surface area contributed by atoms with Gasteiger partial charge < -0.3 is 9.53 Å². The minimum absolute atomic E-state index is 0.125. The standard InChI is InChI=1S/C12H22O3/c1-4-15-11(14)12(2,3)9-7-5-6-8-10-13/h10H,4-9H2,1-3H3. The van der Waals surface area contributed by atoms with E-state index in [-0.39, 0.29) is 5.97 Å². The number of aldehydes is 1. The highest BCUT2D eigenvalue weighted by atomic mass is 16.5. The van der Waals surface area contributed by atoms with Crippen molar-refractivity contribution in [3.05, 3.63) is 0 Å². The molecule has 0 aromatic carbocycles. The molecule has 15 heavy (non-hydrogen) atoms. The minimum atomic E-state index is -0.392. The molecule has 0 saturated carbocycles. The van der Waals surface area contributed by atoms with Gasteiger partial charge in [-0.2, -0.15) is 0 Å². The number of hydrogen-bond acceptors (Lipinski definition) is 3. The van der Waals surface area contributed by atoms with Gasteiger partial charge in [-0.25, -0.2) is 0 Å². The van der Waals surface area contributed by atoms with Crippen molar-refractivity contribution in [1.29, 1.82) is 0 Å². The van der Waals surface area contributed by atoms with Crippen LogP contribution in [0.5, 0.6) is 0 Å². The molecule has 0 aliphatic carbocycles. The van der Waals surface area contributed by atoms with Crippen LogP contribution >= 0.6 is 0 Å². The van der Waals surface area contributed by atoms with Gasteiger partial charge in [0.25, 0.3) is 0 Å². The Labute approximate surface area is 92.2 Å². The van der Waals surface area contributed by atoms with Gasteiger partial charge in [-0.05, 0) is 33.6 Å². The van der Waals surface area contributed by atoms with Gasteiger partial charge in [0, 0.05) is 6.42 Å². The van der Waals surface area contributed by atoms with Crippen LogP contribution in [-0.4, -0.2) is 18.9 Å². The maximum Gasteiger partial charge on any atom is 0.311 e. The molecule has 0 spiro atoms. The van der Waals surface area contributed by atoms with Crippen LogP contribution in [0.25, 0.3) is 0 Å². The highest BCUT2D eigenvalue weighted by Gasteiger charge is 2.28. The van der Waals surface area contributed by atoms with Gasteiger partial charge in [-0.3, -0.25) is 4.79 Å². The molecule has 0 aromatic rings. The van der Waals surface area contributed by atoms with Crippen molar-refractivity contribution in [2.75, 3.05) is 6.61 Å². The maximum atomic E-state index is 11.5. The van der Waals surface area contributed by atoms with E-state index in [9.17, 15) is 9.59 Å². The predicted molar refractivity (Wildman–Crippen MR) is 59.6 cm³/mol. The third kappa shape index (κ3) is 6.26. The summed E-state index contributed by atoms with van der Waals surface area (Å²) in [5, 5.41) is 0. The third-order valence-electron chi connectivity index (χ3n) is 2.45. The molecule has 88 valence electrons. The van der Waals surface area contributed by atoms with Gasteiger partial charge in [-0.1, -0.05) is 12.8 Å². The second kappa shape index (κ2) is 7.43. The Kier molecular flexibility index (Phi) is 7.01. The van der Waals surface area contributed by atoms with Gasteiger partial charge in [-0.15, -0.1) is 0 Å². The molecule has 0 saturated heterocycles. The molecule has 0 radical (unpaired) electrons. The summed E-state index contributed by atoms with van der Waals surface area (Å²) in [7, 11) is 0. The molecular formula is C12H22O3. The van der Waals surface area contributed by atoms with Crippen molar-refractivity contribution in [3.63, 3.8) is 0 Å². The summed E-state index contributed by atoms with van der Waals surface area (Å²) in [4.78, 5) is 21.6. The fourth-order valence-electron chi connectivity index (χ4n) is 1.40. The second-order valence-corrected chi connectivity index (χ2v) is 4.37. The largest absolute Gasteiger partial charge is 0.466 e. The average molecular weight is 214 g/mol. The van der Waals surface area contributed by atoms with Crippen LogP contribution in [0.2, 0.25) is 0 Å². The van der Waals surface area contributed by atoms with Gasteiger partial charge in [0.2, 0.25) is 0 Å². The number of unbranched alkanes of at least 4 members (excludes halogenated alkanes) is 3. The van der Waals surface area contributed by atoms with Crippen molar-refractivity contribution in [3.8, 4) is 0 Å². The van der Waals surface area contributed by atoms with Crippen molar-refractivity contribution in [2.24, 2.45) is 5.41 Å². The molecule has 0 heterocycles. The summed E-state index contributed by atoms with van der Waals surface area (Å²) in [5.41, 5.74) is -0.392. The third-order valence-corrected chi connectivity index (χ3v) is 2.45. The number of rotatable bonds is 8. The fourth-order valence-corrected chi connectivity index (χ4v) is 1.40. The molecule has 0 unspecified atom stereocenters. The monoisotopic (exact) mass is 214 g/mol. The van der Waals surface area contributed by atoms with Crippen molar-refractivity contribution in [1.82, 2.24) is 0 Å². The van der Waals surface area contributed by atoms with E-state index in [0.29, 0.717) is 13.0 Å². The molecule has 0 amide bonds. The molecule has 3 nitrogen and oxygen atoms in total. The van der Waals surface area contributed by atoms with Crippen molar-refractivity contribution < 1.29 is 14.3 Å². The lowest BCUT2D eigenvalue weighted by atomic mass is 9.87. The Morgan fingerprint density at radius 2 is 1.93 bits per heavy atom. The quantitative estimate of drug-likeness (QED) is 0.354. The van der Waals surface area contributed by atoms with Crippen LogP contribution in [0.15, 0.2) is 0 Å². The van der Waals surface area contributed by atoms with Crippen LogP contribution < -0.4 is 0 Å². The summed E-state index contributed by atoms with van der Waals surface area (Å²) in [6, 6.07) is 0. The predicted octanol–water partition coefficient (Wildman–Crippen LogP) is 2.73. The SMILES string of the molecule is CCOC(=O)C(C)(C)CCCCCC=O. The molecule has 0 aromatic heterocycles. The van der Waals surface area contributed by atoms with Crippen molar-refractivity contribution in [2.45, 2.75) is 52.9 Å². The topological polar surface area (TPSA) is 43.4 Å². The van der Waals surface area contributed by atoms with E-state index >= 15 is 0 Å². The summed E-state index contributed by atoms with van der Waals surface area (Å²) in [6.07, 6.45) is 5.28. The molecule has 0 N–H and O–H groups in total. The van der Waals surface area contributed by atoms with E-state index in [1.807, 2.05) is 20.8 Å². The first-order valence-electron chi connectivity index (χ1n) is 5.65. The van der Waals surface area contributed by atoms with Crippen molar-refractivity contribution >= 4 is 12.3 Å². The Morgan fingerprint density at radius 1 is 1.27 bits per heavy atom. The fraction of sp³-hybridized carbons (Fsp3) is 0.833. The van der Waals surface area contributed by atoms with E-state index in [1.165, 1.54) is 0 Å². The van der Waals surface area contributed by atoms with E-state index in [1.54, 1.807) is 0 Å². The first-order valence-corrected chi connectivity index (χ1v) is 5.65. The Morgan fingerprint density at radius 3 is 2.47 bits per heavy atom. The Balaban J connectivity index is 3.72. The zero-order valence-corrected chi connectivity index (χ0v) is 10.0. The first-order chi connectivity index (χ1) is 7.04. The van der Waals surface area contributed by atoms with Gasteiger partial charge in [0.1, 0.15) is 6.29 Å². The Bertz CT molecular complexity index is 197. The van der Waals surface area contributed by atoms with E-state index < -0.39 is 5.41 Å². The van der Waals surface area contributed by atoms with Gasteiger partial charge in [0.05, 0.1) is 12.0 Å². The molecule has 0 aliphatic rings. The average Bonchev–Trinajstić information content (AvgIpc) is 2.18. The maximum absolute atomic E-state index is 11.5. The summed E-state index contributed by atoms with van der Waals surface area (Å²) in [6.45, 7) is 6.07. The highest BCUT2D eigenvalue weighted by molar-refractivity contribution is 5.75. The molecule has 0 aliphatic heterocycles. The van der Waals surface area contributed by atoms with E-state index in [4.69, 9.17) is 4.74 Å². The number of hydrogen-bond donors (Lipinski definition) is 0. The number of ether oxygens (including phenoxy) is 1. The molecule has 3 heteroatoms. The zero-order chi connectivity index (χ0) is 11.7. The molecule has 0 atom stereocenters. The summed E-state index contributed by atoms with van der Waals surface area (Å²) < 4.78 is 4.99. The lowest BCUT2D eigenvalue weighted by Gasteiger charge is -2.21. The van der Waals surface area contributed by atoms with Crippen LogP contribution in [0, 0.1) is 5.41 Å². The number of esters is 1. The summed E-state index contributed by atoms with van der Waals surface area (Å²) >= 11 is 0. The van der Waals surface area contributed by atoms with Crippen LogP contribution in [-0.2, 0) is 14.3 Å². The minimum Gasteiger partial charge on any atom is -0.466 e. The van der Waals surface area contributed by atoms with Crippen LogP contribution in [0.3, 0.4) is 0 Å². The van der Waals surface area contributed by atoms with Gasteiger partial charge in [0.15, 0.2) is 0 Å². The lowest BCUT2D eigenvalue weighted by Crippen LogP contribution is -2.26. The molecule has 0 fully saturated rings. The normalized spacial score (nSPS) is 11.1. The molecule has 0 rings (SSSR count). The second-order valence-electron chi connectivity index (χ2n) is 4.37. The smallest absolute Gasteiger partial charge is 0.311 e. The van der Waals surface area contributed by atoms with Crippen LogP contribution in [0.4, 0.5) is 0 Å². The van der Waals surface area contributed by atoms with Crippen LogP contribution in [0.1, 0.15) is 52.9 Å². The van der Waals surface area contributed by atoms with E-state index in [0.717, 1.165) is 32.0 Å².